The van der Waals surface area contributed by atoms with E-state index in [4.69, 9.17) is 23.2 Å². The Bertz CT molecular complexity index is 658. The van der Waals surface area contributed by atoms with E-state index in [0.717, 1.165) is 36.0 Å². The van der Waals surface area contributed by atoms with Gasteiger partial charge in [-0.25, -0.2) is 0 Å². The minimum atomic E-state index is -0.0361. The van der Waals surface area contributed by atoms with Crippen molar-refractivity contribution in [3.63, 3.8) is 0 Å². The van der Waals surface area contributed by atoms with Crippen LogP contribution in [-0.2, 0) is 12.8 Å². The molecular weight excluding hydrogens is 303 g/mol. The lowest BCUT2D eigenvalue weighted by Gasteiger charge is -2.15. The first-order valence-corrected chi connectivity index (χ1v) is 7.97. The van der Waals surface area contributed by atoms with Crippen LogP contribution in [0, 0.1) is 5.92 Å². The quantitative estimate of drug-likeness (QED) is 0.680. The van der Waals surface area contributed by atoms with Gasteiger partial charge in [0.2, 0.25) is 0 Å². The maximum absolute atomic E-state index is 12.8. The average Bonchev–Trinajstić information content (AvgIpc) is 2.63. The fourth-order valence-corrected chi connectivity index (χ4v) is 3.59. The molecule has 0 aliphatic heterocycles. The summed E-state index contributed by atoms with van der Waals surface area (Å²) in [5.41, 5.74) is 2.91. The average molecular weight is 319 g/mol. The van der Waals surface area contributed by atoms with Crippen LogP contribution in [0.3, 0.4) is 0 Å². The van der Waals surface area contributed by atoms with Crippen molar-refractivity contribution in [3.8, 4) is 0 Å². The Morgan fingerprint density at radius 2 is 1.71 bits per heavy atom. The number of aryl methyl sites for hydroxylation is 1. The van der Waals surface area contributed by atoms with E-state index in [-0.39, 0.29) is 11.7 Å². The van der Waals surface area contributed by atoms with E-state index < -0.39 is 0 Å². The van der Waals surface area contributed by atoms with Crippen molar-refractivity contribution in [1.29, 1.82) is 0 Å². The highest BCUT2D eigenvalue weighted by molar-refractivity contribution is 6.36. The van der Waals surface area contributed by atoms with Gasteiger partial charge in [-0.1, -0.05) is 53.5 Å². The number of Topliss-reactive ketones (excluding diaryl/α,β-unsaturated/α-hetero) is 1. The van der Waals surface area contributed by atoms with Gasteiger partial charge < -0.3 is 0 Å². The summed E-state index contributed by atoms with van der Waals surface area (Å²) in [5, 5.41) is 1.29. The summed E-state index contributed by atoms with van der Waals surface area (Å²) >= 11 is 12.5. The van der Waals surface area contributed by atoms with Gasteiger partial charge in [-0.15, -0.1) is 0 Å². The maximum Gasteiger partial charge on any atom is 0.166 e. The molecule has 0 radical (unpaired) electrons. The Hall–Kier alpha value is -1.31. The lowest BCUT2D eigenvalue weighted by atomic mass is 9.89. The van der Waals surface area contributed by atoms with Crippen molar-refractivity contribution in [3.05, 3.63) is 69.2 Å². The molecule has 0 fully saturated rings. The molecule has 21 heavy (non-hydrogen) atoms. The Morgan fingerprint density at radius 1 is 1.00 bits per heavy atom. The molecule has 1 nitrogen and oxygen atoms in total. The molecule has 0 saturated carbocycles. The highest BCUT2D eigenvalue weighted by atomic mass is 35.5. The number of rotatable bonds is 2. The van der Waals surface area contributed by atoms with Crippen LogP contribution in [0.15, 0.2) is 42.5 Å². The first kappa shape index (κ1) is 14.6. The second-order valence-electron chi connectivity index (χ2n) is 5.51. The van der Waals surface area contributed by atoms with E-state index in [1.165, 1.54) is 0 Å². The molecule has 1 unspecified atom stereocenters. The summed E-state index contributed by atoms with van der Waals surface area (Å²) in [6, 6.07) is 13.4. The van der Waals surface area contributed by atoms with E-state index >= 15 is 0 Å². The predicted octanol–water partition coefficient (Wildman–Crippen LogP) is 5.37. The fourth-order valence-electron chi connectivity index (χ4n) is 3.04. The molecule has 0 bridgehead atoms. The molecule has 3 heteroatoms. The summed E-state index contributed by atoms with van der Waals surface area (Å²) < 4.78 is 0. The number of benzene rings is 2. The van der Waals surface area contributed by atoms with Gasteiger partial charge in [-0.2, -0.15) is 0 Å². The van der Waals surface area contributed by atoms with Crippen molar-refractivity contribution in [2.24, 2.45) is 5.92 Å². The molecule has 0 spiro atoms. The zero-order valence-electron chi connectivity index (χ0n) is 11.6. The van der Waals surface area contributed by atoms with Gasteiger partial charge in [0.1, 0.15) is 0 Å². The molecule has 1 aliphatic rings. The molecule has 0 saturated heterocycles. The van der Waals surface area contributed by atoms with Crippen molar-refractivity contribution in [1.82, 2.24) is 0 Å². The van der Waals surface area contributed by atoms with E-state index in [9.17, 15) is 4.79 Å². The molecule has 0 amide bonds. The molecule has 0 N–H and O–H groups in total. The van der Waals surface area contributed by atoms with Gasteiger partial charge >= 0.3 is 0 Å². The van der Waals surface area contributed by atoms with Crippen molar-refractivity contribution >= 4 is 29.0 Å². The number of hydrogen-bond donors (Lipinski definition) is 0. The van der Waals surface area contributed by atoms with Crippen LogP contribution >= 0.6 is 23.2 Å². The minimum absolute atomic E-state index is 0.0361. The predicted molar refractivity (Wildman–Crippen MR) is 87.4 cm³/mol. The summed E-state index contributed by atoms with van der Waals surface area (Å²) in [5.74, 6) is 0.185. The van der Waals surface area contributed by atoms with E-state index in [1.54, 1.807) is 0 Å². The lowest BCUT2D eigenvalue weighted by molar-refractivity contribution is 0.0915. The van der Waals surface area contributed by atoms with Crippen molar-refractivity contribution < 1.29 is 4.79 Å². The number of hydrogen-bond acceptors (Lipinski definition) is 1. The van der Waals surface area contributed by atoms with Gasteiger partial charge in [-0.3, -0.25) is 4.79 Å². The lowest BCUT2D eigenvalue weighted by Crippen LogP contribution is -2.17. The van der Waals surface area contributed by atoms with Crippen LogP contribution < -0.4 is 0 Å². The van der Waals surface area contributed by atoms with Gasteiger partial charge in [0.25, 0.3) is 0 Å². The van der Waals surface area contributed by atoms with Crippen LogP contribution in [0.4, 0.5) is 0 Å². The third kappa shape index (κ3) is 3.00. The third-order valence-corrected chi connectivity index (χ3v) is 4.87. The van der Waals surface area contributed by atoms with Crippen LogP contribution in [0.2, 0.25) is 10.0 Å². The van der Waals surface area contributed by atoms with E-state index in [0.29, 0.717) is 16.5 Å². The van der Waals surface area contributed by atoms with E-state index in [1.807, 2.05) is 36.4 Å². The zero-order chi connectivity index (χ0) is 14.8. The Morgan fingerprint density at radius 3 is 2.48 bits per heavy atom. The molecule has 0 heterocycles. The molecule has 2 aromatic rings. The van der Waals surface area contributed by atoms with Crippen LogP contribution in [0.25, 0.3) is 0 Å². The van der Waals surface area contributed by atoms with Crippen LogP contribution in [0.1, 0.15) is 34.3 Å². The molecule has 1 atom stereocenters. The van der Waals surface area contributed by atoms with Crippen molar-refractivity contribution in [2.75, 3.05) is 0 Å². The van der Waals surface area contributed by atoms with Crippen LogP contribution in [0.5, 0.6) is 0 Å². The SMILES string of the molecule is O=C1c2ccccc2CCCC1Cc1c(Cl)cccc1Cl. The second kappa shape index (κ2) is 6.21. The highest BCUT2D eigenvalue weighted by Crippen LogP contribution is 2.32. The van der Waals surface area contributed by atoms with Crippen molar-refractivity contribution in [2.45, 2.75) is 25.7 Å². The molecule has 3 rings (SSSR count). The first-order chi connectivity index (χ1) is 10.2. The highest BCUT2D eigenvalue weighted by Gasteiger charge is 2.26. The smallest absolute Gasteiger partial charge is 0.166 e. The Labute approximate surface area is 134 Å². The number of ketones is 1. The number of carbonyl (C=O) groups excluding carboxylic acids is 1. The Kier molecular flexibility index (Phi) is 4.32. The molecule has 0 aromatic heterocycles. The number of halogens is 2. The van der Waals surface area contributed by atoms with Gasteiger partial charge in [0.05, 0.1) is 0 Å². The van der Waals surface area contributed by atoms with Gasteiger partial charge in [0.15, 0.2) is 5.78 Å². The molecule has 108 valence electrons. The summed E-state index contributed by atoms with van der Waals surface area (Å²) in [4.78, 5) is 12.8. The number of fused-ring (bicyclic) bond motifs is 1. The third-order valence-electron chi connectivity index (χ3n) is 4.16. The standard InChI is InChI=1S/C18H16Cl2O/c19-16-9-4-10-17(20)15(16)11-13-7-3-6-12-5-1-2-8-14(12)18(13)21/h1-2,4-5,8-10,13H,3,6-7,11H2. The minimum Gasteiger partial charge on any atom is -0.294 e. The normalized spacial score (nSPS) is 18.2. The zero-order valence-corrected chi connectivity index (χ0v) is 13.1. The van der Waals surface area contributed by atoms with E-state index in [2.05, 4.69) is 6.07 Å². The summed E-state index contributed by atoms with van der Waals surface area (Å²) in [6.45, 7) is 0. The fraction of sp³-hybridized carbons (Fsp3) is 0.278. The molecule has 1 aliphatic carbocycles. The van der Waals surface area contributed by atoms with Gasteiger partial charge in [-0.05, 0) is 48.9 Å². The topological polar surface area (TPSA) is 17.1 Å². The largest absolute Gasteiger partial charge is 0.294 e. The molecule has 2 aromatic carbocycles. The summed E-state index contributed by atoms with van der Waals surface area (Å²) in [7, 11) is 0. The number of carbonyl (C=O) groups is 1. The second-order valence-corrected chi connectivity index (χ2v) is 6.33. The van der Waals surface area contributed by atoms with Crippen LogP contribution in [-0.4, -0.2) is 5.78 Å². The molecular formula is C18H16Cl2O. The summed E-state index contributed by atoms with van der Waals surface area (Å²) in [6.07, 6.45) is 3.49. The Balaban J connectivity index is 1.92. The maximum atomic E-state index is 12.8. The monoisotopic (exact) mass is 318 g/mol. The van der Waals surface area contributed by atoms with Gasteiger partial charge in [0, 0.05) is 21.5 Å². The first-order valence-electron chi connectivity index (χ1n) is 7.22.